The van der Waals surface area contributed by atoms with Gasteiger partial charge < -0.3 is 15.2 Å². The van der Waals surface area contributed by atoms with Gasteiger partial charge in [0.05, 0.1) is 11.4 Å². The zero-order chi connectivity index (χ0) is 14.8. The Labute approximate surface area is 124 Å². The summed E-state index contributed by atoms with van der Waals surface area (Å²) in [7, 11) is 0. The minimum Gasteiger partial charge on any atom is -0.454 e. The standard InChI is InChI=1S/C13H12N4O3S/c1-7(9-5-21-13(14)15-9)16-17-12(18)8-2-3-10-11(4-8)20-6-19-10/h2-5H,6H2,1H3,(H2,14,15)(H,17,18)/b16-7+. The quantitative estimate of drug-likeness (QED) is 0.663. The average Bonchev–Trinajstić information content (AvgIpc) is 3.12. The van der Waals surface area contributed by atoms with Crippen molar-refractivity contribution in [3.05, 3.63) is 34.8 Å². The third kappa shape index (κ3) is 2.79. The molecule has 2 heterocycles. The number of ether oxygens (including phenoxy) is 2. The Bertz CT molecular complexity index is 726. The molecule has 0 unspecified atom stereocenters. The van der Waals surface area contributed by atoms with Gasteiger partial charge in [-0.15, -0.1) is 11.3 Å². The molecule has 1 aromatic heterocycles. The number of hydrogen-bond acceptors (Lipinski definition) is 7. The Morgan fingerprint density at radius 2 is 2.24 bits per heavy atom. The lowest BCUT2D eigenvalue weighted by Crippen LogP contribution is -2.19. The number of thiazole rings is 1. The maximum atomic E-state index is 12.0. The normalized spacial score (nSPS) is 13.3. The average molecular weight is 304 g/mol. The molecule has 1 aliphatic heterocycles. The maximum absolute atomic E-state index is 12.0. The van der Waals surface area contributed by atoms with Gasteiger partial charge in [-0.1, -0.05) is 0 Å². The van der Waals surface area contributed by atoms with Crippen LogP contribution in [-0.4, -0.2) is 23.4 Å². The molecule has 2 aromatic rings. The van der Waals surface area contributed by atoms with E-state index in [0.717, 1.165) is 0 Å². The number of nitrogens with two attached hydrogens (primary N) is 1. The molecule has 0 saturated heterocycles. The fourth-order valence-electron chi connectivity index (χ4n) is 1.75. The zero-order valence-electron chi connectivity index (χ0n) is 11.1. The van der Waals surface area contributed by atoms with E-state index in [-0.39, 0.29) is 12.7 Å². The zero-order valence-corrected chi connectivity index (χ0v) is 11.9. The van der Waals surface area contributed by atoms with Crippen LogP contribution in [0.2, 0.25) is 0 Å². The first kappa shape index (κ1) is 13.4. The second-order valence-corrected chi connectivity index (χ2v) is 5.17. The number of nitrogens with zero attached hydrogens (tertiary/aromatic N) is 2. The third-order valence-corrected chi connectivity index (χ3v) is 3.53. The number of hydrazone groups is 1. The van der Waals surface area contributed by atoms with E-state index >= 15 is 0 Å². The first-order chi connectivity index (χ1) is 10.1. The van der Waals surface area contributed by atoms with Gasteiger partial charge in [0.2, 0.25) is 6.79 Å². The van der Waals surface area contributed by atoms with E-state index in [4.69, 9.17) is 15.2 Å². The lowest BCUT2D eigenvalue weighted by atomic mass is 10.2. The molecule has 7 nitrogen and oxygen atoms in total. The molecule has 0 radical (unpaired) electrons. The molecule has 8 heteroatoms. The predicted molar refractivity (Wildman–Crippen MR) is 78.8 cm³/mol. The molecular formula is C13H12N4O3S. The van der Waals surface area contributed by atoms with Gasteiger partial charge in [0, 0.05) is 10.9 Å². The van der Waals surface area contributed by atoms with Gasteiger partial charge >= 0.3 is 0 Å². The van der Waals surface area contributed by atoms with Crippen molar-refractivity contribution >= 4 is 28.1 Å². The van der Waals surface area contributed by atoms with Crippen LogP contribution in [0.15, 0.2) is 28.7 Å². The smallest absolute Gasteiger partial charge is 0.271 e. The molecule has 0 spiro atoms. The van der Waals surface area contributed by atoms with Crippen LogP contribution >= 0.6 is 11.3 Å². The Morgan fingerprint density at radius 3 is 3.00 bits per heavy atom. The number of rotatable bonds is 3. The van der Waals surface area contributed by atoms with E-state index < -0.39 is 0 Å². The van der Waals surface area contributed by atoms with Gasteiger partial charge in [0.25, 0.3) is 5.91 Å². The number of carbonyl (C=O) groups excluding carboxylic acids is 1. The van der Waals surface area contributed by atoms with Gasteiger partial charge in [-0.05, 0) is 25.1 Å². The number of anilines is 1. The van der Waals surface area contributed by atoms with Gasteiger partial charge in [-0.2, -0.15) is 5.10 Å². The van der Waals surface area contributed by atoms with Crippen molar-refractivity contribution in [2.45, 2.75) is 6.92 Å². The van der Waals surface area contributed by atoms with Crippen molar-refractivity contribution in [2.24, 2.45) is 5.10 Å². The molecule has 0 saturated carbocycles. The van der Waals surface area contributed by atoms with Crippen LogP contribution in [0.1, 0.15) is 23.0 Å². The van der Waals surface area contributed by atoms with Crippen molar-refractivity contribution in [3.63, 3.8) is 0 Å². The van der Waals surface area contributed by atoms with E-state index in [0.29, 0.717) is 33.6 Å². The van der Waals surface area contributed by atoms with Gasteiger partial charge in [0.15, 0.2) is 16.6 Å². The molecule has 3 N–H and O–H groups in total. The van der Waals surface area contributed by atoms with E-state index in [1.807, 2.05) is 0 Å². The number of carbonyl (C=O) groups is 1. The third-order valence-electron chi connectivity index (χ3n) is 2.85. The highest BCUT2D eigenvalue weighted by Gasteiger charge is 2.16. The molecule has 108 valence electrons. The van der Waals surface area contributed by atoms with Gasteiger partial charge in [-0.25, -0.2) is 10.4 Å². The van der Waals surface area contributed by atoms with Crippen molar-refractivity contribution < 1.29 is 14.3 Å². The number of aromatic nitrogens is 1. The van der Waals surface area contributed by atoms with Crippen molar-refractivity contribution in [3.8, 4) is 11.5 Å². The maximum Gasteiger partial charge on any atom is 0.271 e. The van der Waals surface area contributed by atoms with E-state index in [1.165, 1.54) is 11.3 Å². The van der Waals surface area contributed by atoms with Crippen molar-refractivity contribution in [2.75, 3.05) is 12.5 Å². The first-order valence-corrected chi connectivity index (χ1v) is 6.97. The van der Waals surface area contributed by atoms with Crippen LogP contribution < -0.4 is 20.6 Å². The van der Waals surface area contributed by atoms with E-state index in [1.54, 1.807) is 30.5 Å². The highest BCUT2D eigenvalue weighted by Crippen LogP contribution is 2.32. The molecule has 1 amide bonds. The summed E-state index contributed by atoms with van der Waals surface area (Å²) in [6.45, 7) is 1.91. The molecular weight excluding hydrogens is 292 g/mol. The summed E-state index contributed by atoms with van der Waals surface area (Å²) in [6, 6.07) is 4.95. The predicted octanol–water partition coefficient (Wildman–Crippen LogP) is 1.61. The van der Waals surface area contributed by atoms with Crippen molar-refractivity contribution in [1.82, 2.24) is 10.4 Å². The highest BCUT2D eigenvalue weighted by atomic mass is 32.1. The summed E-state index contributed by atoms with van der Waals surface area (Å²) in [5, 5.41) is 6.25. The fourth-order valence-corrected chi connectivity index (χ4v) is 2.35. The molecule has 1 aliphatic rings. The summed E-state index contributed by atoms with van der Waals surface area (Å²) < 4.78 is 10.4. The van der Waals surface area contributed by atoms with Gasteiger partial charge in [-0.3, -0.25) is 4.79 Å². The second kappa shape index (κ2) is 5.41. The lowest BCUT2D eigenvalue weighted by molar-refractivity contribution is 0.0954. The Balaban J connectivity index is 1.71. The Hall–Kier alpha value is -2.61. The second-order valence-electron chi connectivity index (χ2n) is 4.28. The van der Waals surface area contributed by atoms with E-state index in [2.05, 4.69) is 15.5 Å². The number of nitrogen functional groups attached to an aromatic ring is 1. The largest absolute Gasteiger partial charge is 0.454 e. The van der Waals surface area contributed by atoms with Crippen LogP contribution in [0.4, 0.5) is 5.13 Å². The number of nitrogens with one attached hydrogen (secondary N) is 1. The minimum atomic E-state index is -0.337. The van der Waals surface area contributed by atoms with Crippen LogP contribution in [0.25, 0.3) is 0 Å². The Kier molecular flexibility index (Phi) is 3.44. The molecule has 0 bridgehead atoms. The molecule has 3 rings (SSSR count). The molecule has 0 atom stereocenters. The van der Waals surface area contributed by atoms with Crippen LogP contribution in [-0.2, 0) is 0 Å². The van der Waals surface area contributed by atoms with Crippen molar-refractivity contribution in [1.29, 1.82) is 0 Å². The minimum absolute atomic E-state index is 0.170. The molecule has 1 aromatic carbocycles. The topological polar surface area (TPSA) is 98.8 Å². The van der Waals surface area contributed by atoms with Crippen LogP contribution in [0, 0.1) is 0 Å². The molecule has 21 heavy (non-hydrogen) atoms. The lowest BCUT2D eigenvalue weighted by Gasteiger charge is -2.02. The summed E-state index contributed by atoms with van der Waals surface area (Å²) in [5.41, 5.74) is 9.69. The molecule has 0 fully saturated rings. The Morgan fingerprint density at radius 1 is 1.43 bits per heavy atom. The molecule has 0 aliphatic carbocycles. The van der Waals surface area contributed by atoms with E-state index in [9.17, 15) is 4.79 Å². The summed E-state index contributed by atoms with van der Waals surface area (Å²) in [6.07, 6.45) is 0. The number of amides is 1. The SMILES string of the molecule is C/C(=N\NC(=O)c1ccc2c(c1)OCO2)c1csc(N)n1. The number of hydrogen-bond donors (Lipinski definition) is 2. The summed E-state index contributed by atoms with van der Waals surface area (Å²) >= 11 is 1.32. The first-order valence-electron chi connectivity index (χ1n) is 6.09. The number of benzene rings is 1. The number of fused-ring (bicyclic) bond motifs is 1. The monoisotopic (exact) mass is 304 g/mol. The fraction of sp³-hybridized carbons (Fsp3) is 0.154. The van der Waals surface area contributed by atoms with Gasteiger partial charge in [0.1, 0.15) is 0 Å². The van der Waals surface area contributed by atoms with Crippen LogP contribution in [0.5, 0.6) is 11.5 Å². The van der Waals surface area contributed by atoms with Crippen LogP contribution in [0.3, 0.4) is 0 Å². The highest BCUT2D eigenvalue weighted by molar-refractivity contribution is 7.13. The summed E-state index contributed by atoms with van der Waals surface area (Å²) in [5.74, 6) is 0.843. The summed E-state index contributed by atoms with van der Waals surface area (Å²) in [4.78, 5) is 16.1.